The topological polar surface area (TPSA) is 153 Å². The molecule has 144 valence electrons. The second-order valence-corrected chi connectivity index (χ2v) is 7.41. The fourth-order valence-corrected chi connectivity index (χ4v) is 3.46. The van der Waals surface area contributed by atoms with Gasteiger partial charge in [-0.15, -0.1) is 0 Å². The van der Waals surface area contributed by atoms with E-state index in [1.807, 2.05) is 4.72 Å². The number of amides is 3. The van der Waals surface area contributed by atoms with Gasteiger partial charge in [0.25, 0.3) is 11.8 Å². The van der Waals surface area contributed by atoms with Crippen LogP contribution < -0.4 is 10.5 Å². The van der Waals surface area contributed by atoms with Gasteiger partial charge in [-0.05, 0) is 30.3 Å². The molecule has 0 unspecified atom stereocenters. The van der Waals surface area contributed by atoms with Crippen LogP contribution in [-0.2, 0) is 19.7 Å². The minimum absolute atomic E-state index is 0.0901. The highest BCUT2D eigenvalue weighted by molar-refractivity contribution is 7.89. The normalized spacial score (nSPS) is 13.4. The van der Waals surface area contributed by atoms with E-state index in [-0.39, 0.29) is 21.6 Å². The van der Waals surface area contributed by atoms with Gasteiger partial charge >= 0.3 is 5.97 Å². The third-order valence-corrected chi connectivity index (χ3v) is 5.15. The molecule has 1 heterocycles. The van der Waals surface area contributed by atoms with Gasteiger partial charge < -0.3 is 10.6 Å². The summed E-state index contributed by atoms with van der Waals surface area (Å²) in [7, 11) is -4.11. The first-order valence-electron chi connectivity index (χ1n) is 7.79. The predicted octanol–water partition coefficient (Wildman–Crippen LogP) is -0.182. The Morgan fingerprint density at radius 2 is 1.61 bits per heavy atom. The van der Waals surface area contributed by atoms with E-state index in [4.69, 9.17) is 10.6 Å². The van der Waals surface area contributed by atoms with E-state index < -0.39 is 40.3 Å². The Morgan fingerprint density at radius 3 is 2.18 bits per heavy atom. The molecule has 0 atom stereocenters. The maximum atomic E-state index is 12.3. The Bertz CT molecular complexity index is 1080. The van der Waals surface area contributed by atoms with E-state index in [1.165, 1.54) is 30.3 Å². The largest absolute Gasteiger partial charge is 0.369 e. The lowest BCUT2D eigenvalue weighted by molar-refractivity contribution is -0.116. The molecule has 3 N–H and O–H groups in total. The summed E-state index contributed by atoms with van der Waals surface area (Å²) in [5.41, 5.74) is 4.86. The van der Waals surface area contributed by atoms with Gasteiger partial charge in [0.15, 0.2) is 0 Å². The Kier molecular flexibility index (Phi) is 4.94. The molecule has 3 rings (SSSR count). The van der Waals surface area contributed by atoms with Gasteiger partial charge in [-0.3, -0.25) is 14.4 Å². The SMILES string of the molecule is NC(=O)CNS(=O)(=O)c1cccc(C(=O)ON2C(=O)c3ccccc3C2=O)c1. The zero-order valence-corrected chi connectivity index (χ0v) is 14.9. The summed E-state index contributed by atoms with van der Waals surface area (Å²) in [6.07, 6.45) is 0. The first-order valence-corrected chi connectivity index (χ1v) is 9.27. The molecule has 0 aliphatic carbocycles. The second-order valence-electron chi connectivity index (χ2n) is 5.65. The molecule has 28 heavy (non-hydrogen) atoms. The highest BCUT2D eigenvalue weighted by Crippen LogP contribution is 2.23. The van der Waals surface area contributed by atoms with Gasteiger partial charge in [-0.1, -0.05) is 23.3 Å². The number of carbonyl (C=O) groups is 4. The highest BCUT2D eigenvalue weighted by Gasteiger charge is 2.38. The van der Waals surface area contributed by atoms with Crippen LogP contribution in [0.3, 0.4) is 0 Å². The van der Waals surface area contributed by atoms with Crippen LogP contribution in [0.5, 0.6) is 0 Å². The fourth-order valence-electron chi connectivity index (χ4n) is 2.43. The standard InChI is InChI=1S/C17H13N3O7S/c18-14(21)9-19-28(25,26)11-5-3-4-10(8-11)17(24)27-20-15(22)12-6-1-2-7-13(12)16(20)23/h1-8,19H,9H2,(H2,18,21). The van der Waals surface area contributed by atoms with Gasteiger partial charge in [0, 0.05) is 0 Å². The molecular weight excluding hydrogens is 390 g/mol. The van der Waals surface area contributed by atoms with Crippen LogP contribution in [0, 0.1) is 0 Å². The van der Waals surface area contributed by atoms with Crippen LogP contribution in [-0.4, -0.2) is 43.7 Å². The number of nitrogens with zero attached hydrogens (tertiary/aromatic N) is 1. The maximum Gasteiger partial charge on any atom is 0.363 e. The number of carbonyl (C=O) groups excluding carboxylic acids is 4. The third kappa shape index (κ3) is 3.61. The van der Waals surface area contributed by atoms with Gasteiger partial charge in [-0.2, -0.15) is 0 Å². The van der Waals surface area contributed by atoms with E-state index in [1.54, 1.807) is 12.1 Å². The quantitative estimate of drug-likeness (QED) is 0.634. The molecule has 1 aliphatic rings. The van der Waals surface area contributed by atoms with Crippen molar-refractivity contribution in [2.75, 3.05) is 6.54 Å². The Hall–Kier alpha value is -3.57. The molecule has 3 amide bonds. The zero-order chi connectivity index (χ0) is 20.5. The van der Waals surface area contributed by atoms with E-state index >= 15 is 0 Å². The van der Waals surface area contributed by atoms with Gasteiger partial charge in [-0.25, -0.2) is 17.9 Å². The van der Waals surface area contributed by atoms with E-state index in [9.17, 15) is 27.6 Å². The van der Waals surface area contributed by atoms with Crippen LogP contribution in [0.1, 0.15) is 31.1 Å². The average Bonchev–Trinajstić information content (AvgIpc) is 2.92. The summed E-state index contributed by atoms with van der Waals surface area (Å²) in [6.45, 7) is -0.619. The molecule has 0 saturated heterocycles. The summed E-state index contributed by atoms with van der Waals surface area (Å²) < 4.78 is 26.2. The molecule has 0 radical (unpaired) electrons. The summed E-state index contributed by atoms with van der Waals surface area (Å²) in [5.74, 6) is -3.60. The number of rotatable bonds is 6. The van der Waals surface area contributed by atoms with Crippen molar-refractivity contribution < 1.29 is 32.4 Å². The summed E-state index contributed by atoms with van der Waals surface area (Å²) in [5, 5.41) is 0.319. The molecule has 2 aromatic rings. The average molecular weight is 403 g/mol. The second kappa shape index (κ2) is 7.21. The van der Waals surface area contributed by atoms with Crippen molar-refractivity contribution in [2.45, 2.75) is 4.90 Å². The lowest BCUT2D eigenvalue weighted by Crippen LogP contribution is -2.34. The highest BCUT2D eigenvalue weighted by atomic mass is 32.2. The van der Waals surface area contributed by atoms with Crippen LogP contribution >= 0.6 is 0 Å². The van der Waals surface area contributed by atoms with Gasteiger partial charge in [0.1, 0.15) is 0 Å². The lowest BCUT2D eigenvalue weighted by atomic mass is 10.1. The van der Waals surface area contributed by atoms with Crippen molar-refractivity contribution in [1.82, 2.24) is 9.79 Å². The molecule has 11 heteroatoms. The summed E-state index contributed by atoms with van der Waals surface area (Å²) >= 11 is 0. The third-order valence-electron chi connectivity index (χ3n) is 3.75. The first-order chi connectivity index (χ1) is 13.2. The number of hydroxylamine groups is 2. The number of nitrogens with two attached hydrogens (primary N) is 1. The van der Waals surface area contributed by atoms with Crippen LogP contribution in [0.4, 0.5) is 0 Å². The number of imide groups is 1. The molecule has 0 bridgehead atoms. The Morgan fingerprint density at radius 1 is 1.00 bits per heavy atom. The number of benzene rings is 2. The number of sulfonamides is 1. The number of nitrogens with one attached hydrogen (secondary N) is 1. The lowest BCUT2D eigenvalue weighted by Gasteiger charge is -2.13. The van der Waals surface area contributed by atoms with Crippen LogP contribution in [0.15, 0.2) is 53.4 Å². The monoisotopic (exact) mass is 403 g/mol. The van der Waals surface area contributed by atoms with Crippen molar-refractivity contribution in [3.8, 4) is 0 Å². The molecular formula is C17H13N3O7S. The van der Waals surface area contributed by atoms with Crippen LogP contribution in [0.2, 0.25) is 0 Å². The minimum Gasteiger partial charge on any atom is -0.369 e. The van der Waals surface area contributed by atoms with Crippen LogP contribution in [0.25, 0.3) is 0 Å². The van der Waals surface area contributed by atoms with E-state index in [2.05, 4.69) is 0 Å². The molecule has 0 fully saturated rings. The Balaban J connectivity index is 1.80. The molecule has 0 saturated carbocycles. The van der Waals surface area contributed by atoms with E-state index in [0.29, 0.717) is 5.06 Å². The van der Waals surface area contributed by atoms with Crippen molar-refractivity contribution in [3.63, 3.8) is 0 Å². The minimum atomic E-state index is -4.11. The molecule has 0 aromatic heterocycles. The number of hydrogen-bond acceptors (Lipinski definition) is 7. The molecule has 0 spiro atoms. The molecule has 1 aliphatic heterocycles. The predicted molar refractivity (Wildman–Crippen MR) is 93.2 cm³/mol. The Labute approximate surface area is 158 Å². The number of primary amides is 1. The number of hydrogen-bond donors (Lipinski definition) is 2. The molecule has 10 nitrogen and oxygen atoms in total. The molecule has 2 aromatic carbocycles. The zero-order valence-electron chi connectivity index (χ0n) is 14.1. The van der Waals surface area contributed by atoms with Crippen molar-refractivity contribution in [2.24, 2.45) is 5.73 Å². The maximum absolute atomic E-state index is 12.3. The van der Waals surface area contributed by atoms with Crippen molar-refractivity contribution >= 4 is 33.7 Å². The first kappa shape index (κ1) is 19.2. The van der Waals surface area contributed by atoms with E-state index in [0.717, 1.165) is 6.07 Å². The van der Waals surface area contributed by atoms with Gasteiger partial charge in [0.05, 0.1) is 28.1 Å². The van der Waals surface area contributed by atoms with Crippen molar-refractivity contribution in [1.29, 1.82) is 0 Å². The van der Waals surface area contributed by atoms with Gasteiger partial charge in [0.2, 0.25) is 15.9 Å². The van der Waals surface area contributed by atoms with Crippen molar-refractivity contribution in [3.05, 3.63) is 65.2 Å². The smallest absolute Gasteiger partial charge is 0.363 e. The summed E-state index contributed by atoms with van der Waals surface area (Å²) in [4.78, 5) is 52.1. The summed E-state index contributed by atoms with van der Waals surface area (Å²) in [6, 6.07) is 10.6. The number of fused-ring (bicyclic) bond motifs is 1. The fraction of sp³-hybridized carbons (Fsp3) is 0.0588.